The highest BCUT2D eigenvalue weighted by molar-refractivity contribution is 6.29. The van der Waals surface area contributed by atoms with Gasteiger partial charge in [-0.05, 0) is 80.7 Å². The Kier molecular flexibility index (Phi) is 8.92. The van der Waals surface area contributed by atoms with Gasteiger partial charge in [0.2, 0.25) is 5.28 Å². The number of carboxylic acid groups (broad SMARTS) is 1. The van der Waals surface area contributed by atoms with Gasteiger partial charge in [-0.3, -0.25) is 9.59 Å². The summed E-state index contributed by atoms with van der Waals surface area (Å²) in [6, 6.07) is 4.58. The number of aromatic nitrogens is 2. The largest absolute Gasteiger partial charge is 0.481 e. The molecule has 1 fully saturated rings. The number of hydrogen-bond donors (Lipinski definition) is 2. The summed E-state index contributed by atoms with van der Waals surface area (Å²) >= 11 is 6.36. The summed E-state index contributed by atoms with van der Waals surface area (Å²) in [6.45, 7) is 3.83. The fraction of sp³-hybridized carbons (Fsp3) is 0.500. The zero-order chi connectivity index (χ0) is 27.4. The van der Waals surface area contributed by atoms with Crippen molar-refractivity contribution in [3.05, 3.63) is 52.1 Å². The molecule has 1 amide bonds. The number of nitrogens with zero attached hydrogens (tertiary/aromatic N) is 2. The highest BCUT2D eigenvalue weighted by Crippen LogP contribution is 2.30. The van der Waals surface area contributed by atoms with Gasteiger partial charge < -0.3 is 19.7 Å². The van der Waals surface area contributed by atoms with Crippen molar-refractivity contribution in [3.8, 4) is 11.8 Å². The Morgan fingerprint density at radius 2 is 1.81 bits per heavy atom. The van der Waals surface area contributed by atoms with Crippen LogP contribution in [0.15, 0.2) is 24.3 Å². The van der Waals surface area contributed by atoms with Gasteiger partial charge in [-0.1, -0.05) is 18.1 Å². The zero-order valence-corrected chi connectivity index (χ0v) is 21.5. The Balaban J connectivity index is 1.86. The van der Waals surface area contributed by atoms with Gasteiger partial charge in [0.05, 0.1) is 18.0 Å². The van der Waals surface area contributed by atoms with Crippen molar-refractivity contribution in [2.24, 2.45) is 11.8 Å². The summed E-state index contributed by atoms with van der Waals surface area (Å²) in [5.74, 6) is 4.24. The van der Waals surface area contributed by atoms with E-state index in [1.165, 1.54) is 23.8 Å². The number of methoxy groups -OCH3 is 1. The molecule has 2 aromatic rings. The molecule has 1 saturated carbocycles. The number of halogens is 4. The molecule has 0 spiro atoms. The molecule has 0 saturated heterocycles. The van der Waals surface area contributed by atoms with Gasteiger partial charge in [-0.25, -0.2) is 4.98 Å². The molecule has 11 heteroatoms. The molecule has 0 unspecified atom stereocenters. The quantitative estimate of drug-likeness (QED) is 0.483. The average molecular weight is 540 g/mol. The van der Waals surface area contributed by atoms with Crippen LogP contribution in [0, 0.1) is 23.7 Å². The third-order valence-electron chi connectivity index (χ3n) is 6.50. The van der Waals surface area contributed by atoms with Gasteiger partial charge >= 0.3 is 12.1 Å². The summed E-state index contributed by atoms with van der Waals surface area (Å²) in [7, 11) is 1.50. The number of ether oxygens (including phenoxy) is 1. The molecule has 0 aliphatic heterocycles. The van der Waals surface area contributed by atoms with Crippen LogP contribution in [0.4, 0.5) is 13.2 Å². The first-order chi connectivity index (χ1) is 17.3. The van der Waals surface area contributed by atoms with Crippen LogP contribution >= 0.6 is 11.6 Å². The van der Waals surface area contributed by atoms with Gasteiger partial charge in [0.25, 0.3) is 5.91 Å². The van der Waals surface area contributed by atoms with E-state index in [1.54, 1.807) is 13.8 Å². The Morgan fingerprint density at radius 3 is 2.35 bits per heavy atom. The fourth-order valence-electron chi connectivity index (χ4n) is 4.06. The van der Waals surface area contributed by atoms with Gasteiger partial charge in [-0.2, -0.15) is 13.2 Å². The minimum atomic E-state index is -4.46. The molecule has 1 heterocycles. The number of imidazole rings is 1. The van der Waals surface area contributed by atoms with Crippen molar-refractivity contribution < 1.29 is 32.6 Å². The number of carbonyl (C=O) groups is 2. The minimum Gasteiger partial charge on any atom is -0.481 e. The molecule has 7 nitrogen and oxygen atoms in total. The number of carbonyl (C=O) groups excluding carboxylic acids is 1. The lowest BCUT2D eigenvalue weighted by molar-refractivity contribution is -0.143. The van der Waals surface area contributed by atoms with Gasteiger partial charge in [0, 0.05) is 13.7 Å². The van der Waals surface area contributed by atoms with Crippen LogP contribution < -0.4 is 5.32 Å². The molecule has 2 N–H and O–H groups in total. The minimum absolute atomic E-state index is 0.00575. The molecule has 3 rings (SSSR count). The predicted molar refractivity (Wildman–Crippen MR) is 131 cm³/mol. The lowest BCUT2D eigenvalue weighted by Crippen LogP contribution is -2.34. The van der Waals surface area contributed by atoms with Gasteiger partial charge in [0.15, 0.2) is 0 Å². The van der Waals surface area contributed by atoms with E-state index in [1.807, 2.05) is 0 Å². The highest BCUT2D eigenvalue weighted by atomic mass is 35.5. The Hall–Kier alpha value is -3.03. The van der Waals surface area contributed by atoms with Crippen molar-refractivity contribution >= 4 is 23.5 Å². The molecular weight excluding hydrogens is 511 g/mol. The highest BCUT2D eigenvalue weighted by Gasteiger charge is 2.30. The summed E-state index contributed by atoms with van der Waals surface area (Å²) < 4.78 is 45.6. The lowest BCUT2D eigenvalue weighted by Gasteiger charge is -2.26. The van der Waals surface area contributed by atoms with E-state index in [9.17, 15) is 27.9 Å². The SMILES string of the molecule is COC(C)(C)C#Cc1nc(Cl)n(Cc2ccc(C(F)(F)F)cc2)c1C(=O)NCC1CCC(C(=O)O)CC1. The van der Waals surface area contributed by atoms with E-state index in [2.05, 4.69) is 22.1 Å². The second-order valence-corrected chi connectivity index (χ2v) is 9.93. The number of nitrogens with one attached hydrogen (secondary N) is 1. The normalized spacial score (nSPS) is 18.1. The smallest absolute Gasteiger partial charge is 0.416 e. The standard InChI is InChI=1S/C26H29ClF3N3O4/c1-25(2,37-3)13-12-20-21(22(34)31-14-16-4-8-18(9-5-16)23(35)36)33(24(27)32-20)15-17-6-10-19(11-7-17)26(28,29)30/h6-7,10-11,16,18H,4-5,8-9,14-15H2,1-3H3,(H,31,34)(H,35,36). The maximum atomic E-state index is 13.3. The molecule has 1 aliphatic carbocycles. The third-order valence-corrected chi connectivity index (χ3v) is 6.79. The number of aliphatic carboxylic acids is 1. The molecule has 0 atom stereocenters. The van der Waals surface area contributed by atoms with Crippen LogP contribution in [0.25, 0.3) is 0 Å². The van der Waals surface area contributed by atoms with Crippen molar-refractivity contribution in [2.75, 3.05) is 13.7 Å². The molecule has 1 aromatic carbocycles. The maximum absolute atomic E-state index is 13.3. The summed E-state index contributed by atoms with van der Waals surface area (Å²) in [5.41, 5.74) is -0.903. The van der Waals surface area contributed by atoms with Crippen molar-refractivity contribution in [1.82, 2.24) is 14.9 Å². The fourth-order valence-corrected chi connectivity index (χ4v) is 4.29. The summed E-state index contributed by atoms with van der Waals surface area (Å²) in [4.78, 5) is 28.7. The first-order valence-corrected chi connectivity index (χ1v) is 12.2. The predicted octanol–water partition coefficient (Wildman–Crippen LogP) is 5.00. The Morgan fingerprint density at radius 1 is 1.19 bits per heavy atom. The average Bonchev–Trinajstić information content (AvgIpc) is 3.16. The van der Waals surface area contributed by atoms with Crippen LogP contribution in [0.1, 0.15) is 66.8 Å². The molecule has 37 heavy (non-hydrogen) atoms. The van der Waals surface area contributed by atoms with Crippen LogP contribution in [-0.2, 0) is 22.3 Å². The number of rotatable bonds is 7. The zero-order valence-electron chi connectivity index (χ0n) is 20.8. The van der Waals surface area contributed by atoms with E-state index >= 15 is 0 Å². The molecule has 0 bridgehead atoms. The van der Waals surface area contributed by atoms with E-state index in [4.69, 9.17) is 16.3 Å². The molecule has 1 aliphatic rings. The Labute approximate surface area is 218 Å². The van der Waals surface area contributed by atoms with Crippen molar-refractivity contribution in [3.63, 3.8) is 0 Å². The number of benzene rings is 1. The third kappa shape index (κ3) is 7.49. The number of hydrogen-bond acceptors (Lipinski definition) is 4. The summed E-state index contributed by atoms with van der Waals surface area (Å²) in [6.07, 6.45) is -2.00. The lowest BCUT2D eigenvalue weighted by atomic mass is 9.82. The molecular formula is C26H29ClF3N3O4. The van der Waals surface area contributed by atoms with E-state index in [0.29, 0.717) is 37.8 Å². The molecule has 0 radical (unpaired) electrons. The first-order valence-electron chi connectivity index (χ1n) is 11.8. The second-order valence-electron chi connectivity index (χ2n) is 9.59. The van der Waals surface area contributed by atoms with E-state index in [0.717, 1.165) is 12.1 Å². The van der Waals surface area contributed by atoms with Gasteiger partial charge in [0.1, 0.15) is 17.0 Å². The van der Waals surface area contributed by atoms with Crippen LogP contribution in [0.2, 0.25) is 5.28 Å². The Bertz CT molecular complexity index is 1190. The summed E-state index contributed by atoms with van der Waals surface area (Å²) in [5, 5.41) is 12.0. The van der Waals surface area contributed by atoms with Crippen LogP contribution in [-0.4, -0.2) is 45.8 Å². The van der Waals surface area contributed by atoms with E-state index in [-0.39, 0.29) is 35.1 Å². The topological polar surface area (TPSA) is 93.5 Å². The van der Waals surface area contributed by atoms with Crippen LogP contribution in [0.5, 0.6) is 0 Å². The monoisotopic (exact) mass is 539 g/mol. The number of amides is 1. The van der Waals surface area contributed by atoms with Crippen molar-refractivity contribution in [1.29, 1.82) is 0 Å². The molecule has 200 valence electrons. The maximum Gasteiger partial charge on any atom is 0.416 e. The van der Waals surface area contributed by atoms with Crippen molar-refractivity contribution in [2.45, 2.75) is 57.9 Å². The molecule has 1 aromatic heterocycles. The number of carboxylic acids is 1. The second kappa shape index (κ2) is 11.6. The number of alkyl halides is 3. The van der Waals surface area contributed by atoms with Crippen LogP contribution in [0.3, 0.4) is 0 Å². The van der Waals surface area contributed by atoms with Gasteiger partial charge in [-0.15, -0.1) is 0 Å². The van der Waals surface area contributed by atoms with E-state index < -0.39 is 29.2 Å². The first kappa shape index (κ1) is 28.5.